The second kappa shape index (κ2) is 4.48. The molecule has 1 aromatic rings. The van der Waals surface area contributed by atoms with E-state index in [1.54, 1.807) is 0 Å². The average molecular weight is 179 g/mol. The molecule has 0 bridgehead atoms. The summed E-state index contributed by atoms with van der Waals surface area (Å²) < 4.78 is 0. The van der Waals surface area contributed by atoms with Crippen LogP contribution in [0.2, 0.25) is 0 Å². The third kappa shape index (κ3) is 2.37. The molecule has 0 spiro atoms. The molecule has 0 saturated heterocycles. The third-order valence-corrected chi connectivity index (χ3v) is 1.96. The van der Waals surface area contributed by atoms with Gasteiger partial charge in [0, 0.05) is 5.56 Å². The van der Waals surface area contributed by atoms with Crippen molar-refractivity contribution in [3.05, 3.63) is 47.9 Å². The Bertz CT molecular complexity index is 397. The summed E-state index contributed by atoms with van der Waals surface area (Å²) in [4.78, 5) is 4.26. The van der Waals surface area contributed by atoms with Gasteiger partial charge in [-0.15, -0.1) is 5.82 Å². The quantitative estimate of drug-likeness (QED) is 0.427. The zero-order valence-corrected chi connectivity index (χ0v) is 7.85. The fourth-order valence-corrected chi connectivity index (χ4v) is 1.26. The standard InChI is InChI=1S/C12H10BN/c1-2-6-12(7-3-1)8-10-13-9-4-5-11-14-13/h1-4,6-7,9,11H,5H2. The van der Waals surface area contributed by atoms with Crippen LogP contribution in [0.25, 0.3) is 0 Å². The van der Waals surface area contributed by atoms with Crippen molar-refractivity contribution < 1.29 is 0 Å². The van der Waals surface area contributed by atoms with Gasteiger partial charge in [-0.3, -0.25) is 0 Å². The van der Waals surface area contributed by atoms with E-state index in [0.717, 1.165) is 12.0 Å². The molecule has 0 aromatic heterocycles. The van der Waals surface area contributed by atoms with E-state index >= 15 is 0 Å². The van der Waals surface area contributed by atoms with Crippen LogP contribution in [0.3, 0.4) is 0 Å². The van der Waals surface area contributed by atoms with Crippen molar-refractivity contribution in [2.75, 3.05) is 0 Å². The normalized spacial score (nSPS) is 13.6. The van der Waals surface area contributed by atoms with E-state index in [-0.39, 0.29) is 6.85 Å². The van der Waals surface area contributed by atoms with Gasteiger partial charge < -0.3 is 4.90 Å². The van der Waals surface area contributed by atoms with E-state index in [1.807, 2.05) is 42.5 Å². The van der Waals surface area contributed by atoms with Crippen LogP contribution in [-0.2, 0) is 0 Å². The lowest BCUT2D eigenvalue weighted by atomic mass is 9.63. The number of nitrogens with zero attached hydrogens (tertiary/aromatic N) is 1. The largest absolute Gasteiger partial charge is 0.386 e. The summed E-state index contributed by atoms with van der Waals surface area (Å²) in [6.07, 6.45) is 4.94. The smallest absolute Gasteiger partial charge is 0.331 e. The highest BCUT2D eigenvalue weighted by atomic mass is 14.6. The summed E-state index contributed by atoms with van der Waals surface area (Å²) in [5.41, 5.74) is 1.04. The molecule has 14 heavy (non-hydrogen) atoms. The van der Waals surface area contributed by atoms with Crippen LogP contribution in [0.4, 0.5) is 0 Å². The Balaban J connectivity index is 2.10. The van der Waals surface area contributed by atoms with E-state index in [4.69, 9.17) is 0 Å². The van der Waals surface area contributed by atoms with Gasteiger partial charge in [0.2, 0.25) is 0 Å². The van der Waals surface area contributed by atoms with Crippen LogP contribution in [0.1, 0.15) is 12.0 Å². The average Bonchev–Trinajstić information content (AvgIpc) is 2.29. The van der Waals surface area contributed by atoms with E-state index in [1.165, 1.54) is 0 Å². The van der Waals surface area contributed by atoms with E-state index in [0.29, 0.717) is 0 Å². The Morgan fingerprint density at radius 2 is 2.07 bits per heavy atom. The predicted octanol–water partition coefficient (Wildman–Crippen LogP) is 2.14. The van der Waals surface area contributed by atoms with Crippen LogP contribution < -0.4 is 0 Å². The van der Waals surface area contributed by atoms with Gasteiger partial charge >= 0.3 is 6.85 Å². The Morgan fingerprint density at radius 1 is 1.21 bits per heavy atom. The highest BCUT2D eigenvalue weighted by Crippen LogP contribution is 1.98. The molecule has 0 atom stereocenters. The predicted molar refractivity (Wildman–Crippen MR) is 61.3 cm³/mol. The summed E-state index contributed by atoms with van der Waals surface area (Å²) in [5.74, 6) is 8.24. The minimum Gasteiger partial charge on any atom is -0.331 e. The van der Waals surface area contributed by atoms with Crippen LogP contribution in [-0.4, -0.2) is 13.1 Å². The first-order chi connectivity index (χ1) is 6.95. The zero-order chi connectivity index (χ0) is 9.64. The Hall–Kier alpha value is -1.75. The van der Waals surface area contributed by atoms with Crippen molar-refractivity contribution in [1.82, 2.24) is 0 Å². The summed E-state index contributed by atoms with van der Waals surface area (Å²) in [6.45, 7) is 0.0453. The Kier molecular flexibility index (Phi) is 2.83. The van der Waals surface area contributed by atoms with Crippen LogP contribution in [0, 0.1) is 11.7 Å². The molecule has 66 valence electrons. The van der Waals surface area contributed by atoms with E-state index in [2.05, 4.69) is 22.7 Å². The van der Waals surface area contributed by atoms with Crippen molar-refractivity contribution in [3.63, 3.8) is 0 Å². The molecule has 1 aromatic carbocycles. The third-order valence-electron chi connectivity index (χ3n) is 1.96. The molecular formula is C12H10BN. The first kappa shape index (κ1) is 8.84. The lowest BCUT2D eigenvalue weighted by molar-refractivity contribution is 1.50. The lowest BCUT2D eigenvalue weighted by Crippen LogP contribution is -2.06. The molecule has 2 rings (SSSR count). The van der Waals surface area contributed by atoms with Gasteiger partial charge in [-0.2, -0.15) is 0 Å². The Labute approximate surface area is 84.7 Å². The number of rotatable bonds is 0. The summed E-state index contributed by atoms with van der Waals surface area (Å²) in [7, 11) is 0. The van der Waals surface area contributed by atoms with E-state index in [9.17, 15) is 0 Å². The van der Waals surface area contributed by atoms with Gasteiger partial charge in [-0.25, -0.2) is 0 Å². The summed E-state index contributed by atoms with van der Waals surface area (Å²) in [6, 6.07) is 9.98. The van der Waals surface area contributed by atoms with Crippen LogP contribution >= 0.6 is 0 Å². The van der Waals surface area contributed by atoms with Gasteiger partial charge in [-0.05, 0) is 24.8 Å². The number of benzene rings is 1. The molecule has 1 heterocycles. The Morgan fingerprint density at radius 3 is 2.79 bits per heavy atom. The first-order valence-corrected chi connectivity index (χ1v) is 4.70. The second-order valence-corrected chi connectivity index (χ2v) is 3.08. The monoisotopic (exact) mass is 179 g/mol. The topological polar surface area (TPSA) is 12.4 Å². The molecule has 0 unspecified atom stereocenters. The minimum atomic E-state index is 0.0453. The molecule has 1 aliphatic heterocycles. The van der Waals surface area contributed by atoms with Gasteiger partial charge in [0.1, 0.15) is 0 Å². The fourth-order valence-electron chi connectivity index (χ4n) is 1.26. The van der Waals surface area contributed by atoms with Crippen LogP contribution in [0.15, 0.2) is 47.3 Å². The summed E-state index contributed by atoms with van der Waals surface area (Å²) >= 11 is 0. The lowest BCUT2D eigenvalue weighted by Gasteiger charge is -1.96. The zero-order valence-electron chi connectivity index (χ0n) is 7.85. The molecule has 0 saturated carbocycles. The molecule has 1 aliphatic rings. The highest BCUT2D eigenvalue weighted by Gasteiger charge is 2.04. The SMILES string of the molecule is C(#Cc1ccccc1)B1C=CCC=N1. The van der Waals surface area contributed by atoms with Gasteiger partial charge in [-0.1, -0.05) is 36.2 Å². The maximum Gasteiger partial charge on any atom is 0.386 e. The highest BCUT2D eigenvalue weighted by molar-refractivity contribution is 6.72. The van der Waals surface area contributed by atoms with Gasteiger partial charge in [0.15, 0.2) is 0 Å². The second-order valence-electron chi connectivity index (χ2n) is 3.08. The molecule has 0 N–H and O–H groups in total. The molecule has 0 fully saturated rings. The van der Waals surface area contributed by atoms with Crippen LogP contribution in [0.5, 0.6) is 0 Å². The van der Waals surface area contributed by atoms with Gasteiger partial charge in [0.05, 0.1) is 0 Å². The molecule has 0 radical (unpaired) electrons. The van der Waals surface area contributed by atoms with Crippen molar-refractivity contribution in [1.29, 1.82) is 0 Å². The number of hydrogen-bond donors (Lipinski definition) is 0. The number of hydrogen-bond acceptors (Lipinski definition) is 1. The van der Waals surface area contributed by atoms with Crippen molar-refractivity contribution in [2.45, 2.75) is 6.42 Å². The fraction of sp³-hybridized carbons (Fsp3) is 0.0833. The van der Waals surface area contributed by atoms with Gasteiger partial charge in [0.25, 0.3) is 0 Å². The maximum absolute atomic E-state index is 4.26. The minimum absolute atomic E-state index is 0.0453. The number of allylic oxidation sites excluding steroid dienone is 1. The summed E-state index contributed by atoms with van der Waals surface area (Å²) in [5, 5.41) is 0. The molecule has 0 aliphatic carbocycles. The molecule has 2 heteroatoms. The van der Waals surface area contributed by atoms with Crippen molar-refractivity contribution in [2.24, 2.45) is 4.90 Å². The van der Waals surface area contributed by atoms with Crippen molar-refractivity contribution in [3.8, 4) is 11.7 Å². The first-order valence-electron chi connectivity index (χ1n) is 4.70. The molecule has 0 amide bonds. The molecular weight excluding hydrogens is 169 g/mol. The molecule has 1 nitrogen and oxygen atoms in total. The van der Waals surface area contributed by atoms with E-state index < -0.39 is 0 Å². The maximum atomic E-state index is 4.26. The van der Waals surface area contributed by atoms with Crippen molar-refractivity contribution >= 4 is 13.1 Å².